The number of thiophene rings is 1. The molecule has 1 unspecified atom stereocenters. The second-order valence-electron chi connectivity index (χ2n) is 6.14. The number of rotatable bonds is 9. The molecule has 1 aromatic carbocycles. The van der Waals surface area contributed by atoms with Crippen molar-refractivity contribution in [3.8, 4) is 5.75 Å². The van der Waals surface area contributed by atoms with Gasteiger partial charge in [-0.25, -0.2) is 4.98 Å². The maximum absolute atomic E-state index is 12.4. The van der Waals surface area contributed by atoms with E-state index < -0.39 is 0 Å². The highest BCUT2D eigenvalue weighted by Gasteiger charge is 2.11. The summed E-state index contributed by atoms with van der Waals surface area (Å²) < 4.78 is 11.4. The zero-order valence-electron chi connectivity index (χ0n) is 15.6. The van der Waals surface area contributed by atoms with Crippen LogP contribution in [0.15, 0.2) is 48.7 Å². The van der Waals surface area contributed by atoms with Crippen LogP contribution < -0.4 is 10.1 Å². The molecular formula is C21H24N2O3S. The van der Waals surface area contributed by atoms with E-state index in [1.165, 1.54) is 11.3 Å². The van der Waals surface area contributed by atoms with E-state index in [1.807, 2.05) is 49.4 Å². The standard InChI is InChI=1S/C21H24N2O3S/c1-3-17(25-4-2)14-26-18-9-5-7-15(11-18)13-23-20(24)19-12-16-8-6-10-22-21(16)27-19/h5-12,17H,3-4,13-14H2,1-2H3,(H,23,24). The van der Waals surface area contributed by atoms with Crippen LogP contribution in [-0.2, 0) is 11.3 Å². The van der Waals surface area contributed by atoms with Crippen LogP contribution >= 0.6 is 11.3 Å². The van der Waals surface area contributed by atoms with Gasteiger partial charge in [-0.1, -0.05) is 25.1 Å². The predicted molar refractivity (Wildman–Crippen MR) is 108 cm³/mol. The first-order valence-electron chi connectivity index (χ1n) is 9.15. The van der Waals surface area contributed by atoms with E-state index in [0.29, 0.717) is 24.6 Å². The molecule has 2 aromatic heterocycles. The largest absolute Gasteiger partial charge is 0.491 e. The molecule has 0 aliphatic heterocycles. The molecule has 0 saturated heterocycles. The molecule has 0 spiro atoms. The third-order valence-electron chi connectivity index (χ3n) is 4.16. The number of carbonyl (C=O) groups excluding carboxylic acids is 1. The molecule has 6 heteroatoms. The molecule has 3 rings (SSSR count). The number of hydrogen-bond acceptors (Lipinski definition) is 5. The van der Waals surface area contributed by atoms with Crippen LogP contribution in [0.3, 0.4) is 0 Å². The molecule has 5 nitrogen and oxygen atoms in total. The molecule has 0 bridgehead atoms. The molecule has 27 heavy (non-hydrogen) atoms. The van der Waals surface area contributed by atoms with Crippen molar-refractivity contribution in [2.45, 2.75) is 32.9 Å². The Morgan fingerprint density at radius 1 is 1.22 bits per heavy atom. The van der Waals surface area contributed by atoms with Gasteiger partial charge in [0, 0.05) is 24.7 Å². The molecule has 0 aliphatic rings. The number of benzene rings is 1. The Labute approximate surface area is 163 Å². The fourth-order valence-corrected chi connectivity index (χ4v) is 3.63. The van der Waals surface area contributed by atoms with Gasteiger partial charge in [0.15, 0.2) is 0 Å². The molecule has 0 aliphatic carbocycles. The molecular weight excluding hydrogens is 360 g/mol. The van der Waals surface area contributed by atoms with E-state index in [1.54, 1.807) is 6.20 Å². The number of carbonyl (C=O) groups is 1. The van der Waals surface area contributed by atoms with E-state index in [9.17, 15) is 4.79 Å². The van der Waals surface area contributed by atoms with Gasteiger partial charge in [-0.15, -0.1) is 11.3 Å². The number of amides is 1. The minimum atomic E-state index is -0.0910. The van der Waals surface area contributed by atoms with Crippen LogP contribution in [-0.4, -0.2) is 30.2 Å². The van der Waals surface area contributed by atoms with Crippen LogP contribution in [0.25, 0.3) is 10.2 Å². The smallest absolute Gasteiger partial charge is 0.261 e. The van der Waals surface area contributed by atoms with Gasteiger partial charge in [-0.3, -0.25) is 4.79 Å². The fourth-order valence-electron chi connectivity index (χ4n) is 2.71. The molecule has 1 amide bonds. The average molecular weight is 385 g/mol. The first-order chi connectivity index (χ1) is 13.2. The molecule has 1 N–H and O–H groups in total. The lowest BCUT2D eigenvalue weighted by atomic mass is 10.2. The first kappa shape index (κ1) is 19.3. The molecule has 3 aromatic rings. The molecule has 0 radical (unpaired) electrons. The predicted octanol–water partition coefficient (Wildman–Crippen LogP) is 4.42. The number of fused-ring (bicyclic) bond motifs is 1. The summed E-state index contributed by atoms with van der Waals surface area (Å²) >= 11 is 1.40. The Morgan fingerprint density at radius 2 is 2.11 bits per heavy atom. The third-order valence-corrected chi connectivity index (χ3v) is 5.22. The van der Waals surface area contributed by atoms with Gasteiger partial charge < -0.3 is 14.8 Å². The lowest BCUT2D eigenvalue weighted by Crippen LogP contribution is -2.22. The minimum Gasteiger partial charge on any atom is -0.491 e. The van der Waals surface area contributed by atoms with E-state index >= 15 is 0 Å². The number of nitrogens with zero attached hydrogens (tertiary/aromatic N) is 1. The zero-order valence-corrected chi connectivity index (χ0v) is 16.4. The SMILES string of the molecule is CCOC(CC)COc1cccc(CNC(=O)c2cc3cccnc3s2)c1. The van der Waals surface area contributed by atoms with Crippen LogP contribution in [0.5, 0.6) is 5.75 Å². The molecule has 2 heterocycles. The number of ether oxygens (including phenoxy) is 2. The molecule has 1 atom stereocenters. The number of aromatic nitrogens is 1. The minimum absolute atomic E-state index is 0.0910. The van der Waals surface area contributed by atoms with Crippen molar-refractivity contribution in [3.05, 3.63) is 59.1 Å². The normalized spacial score (nSPS) is 12.1. The monoisotopic (exact) mass is 384 g/mol. The summed E-state index contributed by atoms with van der Waals surface area (Å²) in [5.41, 5.74) is 0.990. The van der Waals surface area contributed by atoms with Crippen molar-refractivity contribution in [1.29, 1.82) is 0 Å². The number of hydrogen-bond donors (Lipinski definition) is 1. The van der Waals surface area contributed by atoms with Gasteiger partial charge in [0.25, 0.3) is 5.91 Å². The van der Waals surface area contributed by atoms with Crippen LogP contribution in [0, 0.1) is 0 Å². The van der Waals surface area contributed by atoms with Crippen molar-refractivity contribution >= 4 is 27.5 Å². The third kappa shape index (κ3) is 5.28. The van der Waals surface area contributed by atoms with Crippen LogP contribution in [0.4, 0.5) is 0 Å². The lowest BCUT2D eigenvalue weighted by Gasteiger charge is -2.16. The molecule has 142 valence electrons. The van der Waals surface area contributed by atoms with Gasteiger partial charge in [0.2, 0.25) is 0 Å². The zero-order chi connectivity index (χ0) is 19.1. The molecule has 0 fully saturated rings. The summed E-state index contributed by atoms with van der Waals surface area (Å²) in [5.74, 6) is 0.692. The van der Waals surface area contributed by atoms with Crippen molar-refractivity contribution in [3.63, 3.8) is 0 Å². The van der Waals surface area contributed by atoms with Crippen LogP contribution in [0.2, 0.25) is 0 Å². The molecule has 0 saturated carbocycles. The highest BCUT2D eigenvalue weighted by atomic mass is 32.1. The summed E-state index contributed by atoms with van der Waals surface area (Å²) in [5, 5.41) is 3.95. The Hall–Kier alpha value is -2.44. The Kier molecular flexibility index (Phi) is 6.79. The van der Waals surface area contributed by atoms with Crippen molar-refractivity contribution < 1.29 is 14.3 Å². The second kappa shape index (κ2) is 9.48. The number of pyridine rings is 1. The van der Waals surface area contributed by atoms with Gasteiger partial charge in [-0.05, 0) is 43.2 Å². The second-order valence-corrected chi connectivity index (χ2v) is 7.17. The van der Waals surface area contributed by atoms with Crippen molar-refractivity contribution in [2.24, 2.45) is 0 Å². The fraction of sp³-hybridized carbons (Fsp3) is 0.333. The Balaban J connectivity index is 1.56. The van der Waals surface area contributed by atoms with E-state index in [-0.39, 0.29) is 12.0 Å². The van der Waals surface area contributed by atoms with E-state index in [2.05, 4.69) is 17.2 Å². The summed E-state index contributed by atoms with van der Waals surface area (Å²) in [6, 6.07) is 13.5. The summed E-state index contributed by atoms with van der Waals surface area (Å²) in [4.78, 5) is 18.2. The summed E-state index contributed by atoms with van der Waals surface area (Å²) in [6.07, 6.45) is 2.74. The maximum atomic E-state index is 12.4. The quantitative estimate of drug-likeness (QED) is 0.593. The lowest BCUT2D eigenvalue weighted by molar-refractivity contribution is 0.0256. The Morgan fingerprint density at radius 3 is 2.89 bits per heavy atom. The van der Waals surface area contributed by atoms with Gasteiger partial charge in [0.1, 0.15) is 17.2 Å². The first-order valence-corrected chi connectivity index (χ1v) is 9.97. The average Bonchev–Trinajstić information content (AvgIpc) is 3.14. The van der Waals surface area contributed by atoms with E-state index in [0.717, 1.165) is 28.0 Å². The summed E-state index contributed by atoms with van der Waals surface area (Å²) in [6.45, 7) is 5.72. The van der Waals surface area contributed by atoms with Crippen molar-refractivity contribution in [2.75, 3.05) is 13.2 Å². The van der Waals surface area contributed by atoms with Gasteiger partial charge >= 0.3 is 0 Å². The van der Waals surface area contributed by atoms with Gasteiger partial charge in [-0.2, -0.15) is 0 Å². The summed E-state index contributed by atoms with van der Waals surface area (Å²) in [7, 11) is 0. The van der Waals surface area contributed by atoms with E-state index in [4.69, 9.17) is 9.47 Å². The van der Waals surface area contributed by atoms with Gasteiger partial charge in [0.05, 0.1) is 11.0 Å². The highest BCUT2D eigenvalue weighted by Crippen LogP contribution is 2.23. The highest BCUT2D eigenvalue weighted by molar-refractivity contribution is 7.20. The topological polar surface area (TPSA) is 60.5 Å². The Bertz CT molecular complexity index is 861. The maximum Gasteiger partial charge on any atom is 0.261 e. The van der Waals surface area contributed by atoms with Crippen LogP contribution in [0.1, 0.15) is 35.5 Å². The van der Waals surface area contributed by atoms with Crippen molar-refractivity contribution in [1.82, 2.24) is 10.3 Å². The number of nitrogens with one attached hydrogen (secondary N) is 1.